The molecule has 0 bridgehead atoms. The fourth-order valence-corrected chi connectivity index (χ4v) is 2.82. The second kappa shape index (κ2) is 8.12. The Hall–Kier alpha value is -1.63. The molecule has 1 aliphatic heterocycles. The Balaban J connectivity index is 2.08. The van der Waals surface area contributed by atoms with Crippen molar-refractivity contribution in [2.45, 2.75) is 6.54 Å². The van der Waals surface area contributed by atoms with Gasteiger partial charge in [-0.15, -0.1) is 0 Å². The maximum atomic E-state index is 11.1. The van der Waals surface area contributed by atoms with Gasteiger partial charge in [0.1, 0.15) is 0 Å². The summed E-state index contributed by atoms with van der Waals surface area (Å²) in [5, 5.41) is 8.98. The van der Waals surface area contributed by atoms with Gasteiger partial charge >= 0.3 is 0 Å². The number of rotatable bonds is 7. The van der Waals surface area contributed by atoms with Gasteiger partial charge in [-0.1, -0.05) is 6.07 Å². The van der Waals surface area contributed by atoms with Crippen LogP contribution in [0.15, 0.2) is 12.1 Å². The molecule has 22 heavy (non-hydrogen) atoms. The molecule has 6 nitrogen and oxygen atoms in total. The van der Waals surface area contributed by atoms with Gasteiger partial charge in [-0.05, 0) is 6.07 Å². The number of ether oxygens (including phenoxy) is 2. The predicted molar refractivity (Wildman–Crippen MR) is 83.7 cm³/mol. The maximum Gasteiger partial charge on any atom is 0.171 e. The van der Waals surface area contributed by atoms with Crippen LogP contribution in [0.4, 0.5) is 0 Å². The van der Waals surface area contributed by atoms with E-state index >= 15 is 0 Å². The van der Waals surface area contributed by atoms with Gasteiger partial charge in [0.25, 0.3) is 0 Å². The third-order valence-corrected chi connectivity index (χ3v) is 4.03. The Morgan fingerprint density at radius 1 is 1.09 bits per heavy atom. The van der Waals surface area contributed by atoms with Gasteiger partial charge in [0.15, 0.2) is 17.8 Å². The van der Waals surface area contributed by atoms with Crippen LogP contribution in [0.2, 0.25) is 0 Å². The van der Waals surface area contributed by atoms with Crippen molar-refractivity contribution in [1.82, 2.24) is 9.80 Å². The minimum absolute atomic E-state index is 0.207. The zero-order chi connectivity index (χ0) is 15.9. The lowest BCUT2D eigenvalue weighted by atomic mass is 10.1. The third-order valence-electron chi connectivity index (χ3n) is 4.03. The first-order valence-electron chi connectivity index (χ1n) is 7.48. The Kier molecular flexibility index (Phi) is 6.18. The van der Waals surface area contributed by atoms with Crippen LogP contribution >= 0.6 is 0 Å². The Bertz CT molecular complexity index is 499. The standard InChI is InChI=1S/C16H24N2O4/c1-21-15-13(3-4-14(12-20)16(15)22-2)11-18-7-5-17(6-8-18)9-10-19/h3-4,12,19H,5-11H2,1-2H3. The molecular formula is C16H24N2O4. The first-order chi connectivity index (χ1) is 10.7. The van der Waals surface area contributed by atoms with Crippen LogP contribution < -0.4 is 9.47 Å². The van der Waals surface area contributed by atoms with E-state index in [2.05, 4.69) is 9.80 Å². The Morgan fingerprint density at radius 2 is 1.73 bits per heavy atom. The molecule has 0 aromatic heterocycles. The molecule has 1 heterocycles. The highest BCUT2D eigenvalue weighted by atomic mass is 16.5. The summed E-state index contributed by atoms with van der Waals surface area (Å²) in [6.07, 6.45) is 0.777. The van der Waals surface area contributed by atoms with Crippen molar-refractivity contribution in [3.05, 3.63) is 23.3 Å². The van der Waals surface area contributed by atoms with E-state index in [1.54, 1.807) is 20.3 Å². The number of carbonyl (C=O) groups is 1. The van der Waals surface area contributed by atoms with Crippen LogP contribution in [0, 0.1) is 0 Å². The smallest absolute Gasteiger partial charge is 0.171 e. The van der Waals surface area contributed by atoms with Gasteiger partial charge in [0, 0.05) is 44.8 Å². The van der Waals surface area contributed by atoms with E-state index in [-0.39, 0.29) is 6.61 Å². The summed E-state index contributed by atoms with van der Waals surface area (Å²) in [5.41, 5.74) is 1.51. The van der Waals surface area contributed by atoms with E-state index in [4.69, 9.17) is 14.6 Å². The molecule has 0 unspecified atom stereocenters. The molecule has 6 heteroatoms. The number of methoxy groups -OCH3 is 2. The summed E-state index contributed by atoms with van der Waals surface area (Å²) in [4.78, 5) is 15.7. The first kappa shape index (κ1) is 16.7. The van der Waals surface area contributed by atoms with Crippen molar-refractivity contribution in [1.29, 1.82) is 0 Å². The lowest BCUT2D eigenvalue weighted by molar-refractivity contribution is 0.107. The molecule has 1 saturated heterocycles. The Morgan fingerprint density at radius 3 is 2.27 bits per heavy atom. The first-order valence-corrected chi connectivity index (χ1v) is 7.48. The summed E-state index contributed by atoms with van der Waals surface area (Å²) < 4.78 is 10.8. The van der Waals surface area contributed by atoms with Crippen LogP contribution in [0.3, 0.4) is 0 Å². The molecule has 1 aromatic rings. The normalized spacial score (nSPS) is 16.5. The summed E-state index contributed by atoms with van der Waals surface area (Å²) in [5.74, 6) is 1.12. The van der Waals surface area contributed by atoms with Gasteiger partial charge in [0.2, 0.25) is 0 Å². The number of hydrogen-bond acceptors (Lipinski definition) is 6. The SMILES string of the molecule is COc1c(C=O)ccc(CN2CCN(CCO)CC2)c1OC. The number of benzene rings is 1. The lowest BCUT2D eigenvalue weighted by Gasteiger charge is -2.34. The highest BCUT2D eigenvalue weighted by Crippen LogP contribution is 2.34. The minimum Gasteiger partial charge on any atom is -0.492 e. The van der Waals surface area contributed by atoms with E-state index in [9.17, 15) is 4.79 Å². The highest BCUT2D eigenvalue weighted by Gasteiger charge is 2.20. The van der Waals surface area contributed by atoms with Crippen molar-refractivity contribution in [3.8, 4) is 11.5 Å². The fraction of sp³-hybridized carbons (Fsp3) is 0.562. The average Bonchev–Trinajstić information content (AvgIpc) is 2.56. The number of aldehydes is 1. The molecule has 1 fully saturated rings. The average molecular weight is 308 g/mol. The molecule has 122 valence electrons. The number of carbonyl (C=O) groups excluding carboxylic acids is 1. The monoisotopic (exact) mass is 308 g/mol. The predicted octanol–water partition coefficient (Wildman–Crippen LogP) is 0.626. The summed E-state index contributed by atoms with van der Waals surface area (Å²) in [6.45, 7) is 5.49. The minimum atomic E-state index is 0.207. The van der Waals surface area contributed by atoms with E-state index in [0.29, 0.717) is 17.1 Å². The molecule has 0 saturated carbocycles. The van der Waals surface area contributed by atoms with E-state index in [1.165, 1.54) is 0 Å². The topological polar surface area (TPSA) is 62.2 Å². The molecule has 0 spiro atoms. The second-order valence-corrected chi connectivity index (χ2v) is 5.34. The van der Waals surface area contributed by atoms with Crippen LogP contribution in [0.1, 0.15) is 15.9 Å². The van der Waals surface area contributed by atoms with Gasteiger partial charge in [-0.2, -0.15) is 0 Å². The van der Waals surface area contributed by atoms with Crippen LogP contribution in [-0.4, -0.2) is 74.7 Å². The molecule has 1 N–H and O–H groups in total. The van der Waals surface area contributed by atoms with Gasteiger partial charge in [0.05, 0.1) is 26.4 Å². The molecule has 0 amide bonds. The summed E-state index contributed by atoms with van der Waals surface area (Å²) >= 11 is 0. The molecule has 1 aliphatic rings. The maximum absolute atomic E-state index is 11.1. The molecular weight excluding hydrogens is 284 g/mol. The van der Waals surface area contributed by atoms with E-state index in [1.807, 2.05) is 6.07 Å². The summed E-state index contributed by atoms with van der Waals surface area (Å²) in [7, 11) is 3.14. The van der Waals surface area contributed by atoms with E-state index in [0.717, 1.165) is 51.1 Å². The van der Waals surface area contributed by atoms with E-state index < -0.39 is 0 Å². The summed E-state index contributed by atoms with van der Waals surface area (Å²) in [6, 6.07) is 3.69. The van der Waals surface area contributed by atoms with Crippen molar-refractivity contribution in [2.75, 3.05) is 53.6 Å². The fourth-order valence-electron chi connectivity index (χ4n) is 2.82. The largest absolute Gasteiger partial charge is 0.492 e. The quantitative estimate of drug-likeness (QED) is 0.745. The molecule has 0 aliphatic carbocycles. The molecule has 0 radical (unpaired) electrons. The zero-order valence-electron chi connectivity index (χ0n) is 13.2. The van der Waals surface area contributed by atoms with Crippen molar-refractivity contribution < 1.29 is 19.4 Å². The number of aliphatic hydroxyl groups is 1. The van der Waals surface area contributed by atoms with Crippen LogP contribution in [0.5, 0.6) is 11.5 Å². The number of hydrogen-bond donors (Lipinski definition) is 1. The zero-order valence-corrected chi connectivity index (χ0v) is 13.2. The molecule has 0 atom stereocenters. The second-order valence-electron chi connectivity index (χ2n) is 5.34. The number of aliphatic hydroxyl groups excluding tert-OH is 1. The van der Waals surface area contributed by atoms with Gasteiger partial charge in [-0.3, -0.25) is 14.6 Å². The van der Waals surface area contributed by atoms with Gasteiger partial charge < -0.3 is 14.6 Å². The third kappa shape index (κ3) is 3.76. The van der Waals surface area contributed by atoms with Crippen molar-refractivity contribution in [3.63, 3.8) is 0 Å². The van der Waals surface area contributed by atoms with Crippen LogP contribution in [0.25, 0.3) is 0 Å². The van der Waals surface area contributed by atoms with Gasteiger partial charge in [-0.25, -0.2) is 0 Å². The van der Waals surface area contributed by atoms with Crippen LogP contribution in [-0.2, 0) is 6.54 Å². The number of nitrogens with zero attached hydrogens (tertiary/aromatic N) is 2. The lowest BCUT2D eigenvalue weighted by Crippen LogP contribution is -2.46. The Labute approximate surface area is 131 Å². The van der Waals surface area contributed by atoms with Crippen molar-refractivity contribution >= 4 is 6.29 Å². The number of β-amino-alcohol motifs (C(OH)–C–C–N with tert-alkyl or cyclic N) is 1. The van der Waals surface area contributed by atoms with Crippen molar-refractivity contribution in [2.24, 2.45) is 0 Å². The highest BCUT2D eigenvalue weighted by molar-refractivity contribution is 5.81. The molecule has 1 aromatic carbocycles. The number of piperazine rings is 1. The molecule has 2 rings (SSSR count).